The smallest absolute Gasteiger partial charge is 0.178 e. The lowest BCUT2D eigenvalue weighted by Gasteiger charge is -2.12. The first-order valence-electron chi connectivity index (χ1n) is 5.48. The Morgan fingerprint density at radius 1 is 1.25 bits per heavy atom. The summed E-state index contributed by atoms with van der Waals surface area (Å²) in [6.07, 6.45) is 1.65. The molecule has 1 aromatic carbocycles. The second-order valence-electron chi connectivity index (χ2n) is 3.92. The van der Waals surface area contributed by atoms with Gasteiger partial charge in [0.15, 0.2) is 9.84 Å². The summed E-state index contributed by atoms with van der Waals surface area (Å²) in [5, 5.41) is 0. The van der Waals surface area contributed by atoms with Gasteiger partial charge in [-0.3, -0.25) is 0 Å². The molecule has 16 heavy (non-hydrogen) atoms. The highest BCUT2D eigenvalue weighted by atomic mass is 32.2. The quantitative estimate of drug-likeness (QED) is 0.797. The van der Waals surface area contributed by atoms with E-state index in [0.29, 0.717) is 0 Å². The minimum Gasteiger partial charge on any atom is -0.224 e. The van der Waals surface area contributed by atoms with Crippen LogP contribution in [0.1, 0.15) is 26.7 Å². The van der Waals surface area contributed by atoms with E-state index < -0.39 is 15.7 Å². The molecule has 0 aromatic heterocycles. The summed E-state index contributed by atoms with van der Waals surface area (Å²) in [7, 11) is -3.35. The van der Waals surface area contributed by atoms with Gasteiger partial charge in [0.2, 0.25) is 0 Å². The average Bonchev–Trinajstić information content (AvgIpc) is 2.26. The third-order valence-corrected chi connectivity index (χ3v) is 4.65. The molecule has 0 bridgehead atoms. The summed E-state index contributed by atoms with van der Waals surface area (Å²) >= 11 is 0. The van der Waals surface area contributed by atoms with Crippen molar-refractivity contribution in [2.45, 2.75) is 31.6 Å². The molecule has 0 radical (unpaired) electrons. The van der Waals surface area contributed by atoms with Gasteiger partial charge in [0.05, 0.1) is 10.6 Å². The van der Waals surface area contributed by atoms with Gasteiger partial charge in [-0.1, -0.05) is 32.8 Å². The lowest BCUT2D eigenvalue weighted by molar-refractivity contribution is 0.523. The molecule has 0 aliphatic rings. The Kier molecular flexibility index (Phi) is 4.47. The van der Waals surface area contributed by atoms with Crippen LogP contribution < -0.4 is 0 Å². The van der Waals surface area contributed by atoms with Crippen LogP contribution in [0.2, 0.25) is 0 Å². The zero-order chi connectivity index (χ0) is 12.2. The SMILES string of the molecule is CCC(CC)CS(=O)(=O)c1cccc(F)c1. The van der Waals surface area contributed by atoms with Gasteiger partial charge in [-0.05, 0) is 24.1 Å². The number of rotatable bonds is 5. The lowest BCUT2D eigenvalue weighted by Crippen LogP contribution is -2.15. The fourth-order valence-corrected chi connectivity index (χ4v) is 3.45. The molecule has 0 fully saturated rings. The molecule has 0 heterocycles. The van der Waals surface area contributed by atoms with Crippen LogP contribution in [-0.2, 0) is 9.84 Å². The molecule has 2 nitrogen and oxygen atoms in total. The molecule has 1 rings (SSSR count). The lowest BCUT2D eigenvalue weighted by atomic mass is 10.1. The van der Waals surface area contributed by atoms with E-state index in [9.17, 15) is 12.8 Å². The molecule has 1 aromatic rings. The van der Waals surface area contributed by atoms with Gasteiger partial charge in [0, 0.05) is 0 Å². The van der Waals surface area contributed by atoms with Crippen LogP contribution in [0.15, 0.2) is 29.2 Å². The van der Waals surface area contributed by atoms with Crippen LogP contribution >= 0.6 is 0 Å². The molecule has 0 unspecified atom stereocenters. The minimum atomic E-state index is -3.35. The number of hydrogen-bond donors (Lipinski definition) is 0. The van der Waals surface area contributed by atoms with Crippen molar-refractivity contribution in [3.63, 3.8) is 0 Å². The Morgan fingerprint density at radius 3 is 2.38 bits per heavy atom. The second-order valence-corrected chi connectivity index (χ2v) is 5.96. The molecule has 0 amide bonds. The van der Waals surface area contributed by atoms with Crippen molar-refractivity contribution in [1.82, 2.24) is 0 Å². The maximum atomic E-state index is 12.9. The molecule has 0 N–H and O–H groups in total. The fraction of sp³-hybridized carbons (Fsp3) is 0.500. The van der Waals surface area contributed by atoms with Gasteiger partial charge < -0.3 is 0 Å². The van der Waals surface area contributed by atoms with Crippen molar-refractivity contribution in [2.75, 3.05) is 5.75 Å². The largest absolute Gasteiger partial charge is 0.224 e. The number of benzene rings is 1. The van der Waals surface area contributed by atoms with E-state index in [-0.39, 0.29) is 16.6 Å². The third kappa shape index (κ3) is 3.30. The van der Waals surface area contributed by atoms with Crippen LogP contribution in [0.3, 0.4) is 0 Å². The predicted octanol–water partition coefficient (Wildman–Crippen LogP) is 3.04. The molecule has 0 aliphatic heterocycles. The number of sulfone groups is 1. The molecule has 0 aliphatic carbocycles. The Labute approximate surface area is 96.4 Å². The summed E-state index contributed by atoms with van der Waals surface area (Å²) in [5.74, 6) is -0.261. The summed E-state index contributed by atoms with van der Waals surface area (Å²) in [5.41, 5.74) is 0. The van der Waals surface area contributed by atoms with Crippen molar-refractivity contribution in [3.05, 3.63) is 30.1 Å². The maximum absolute atomic E-state index is 12.9. The minimum absolute atomic E-state index is 0.0828. The predicted molar refractivity (Wildman–Crippen MR) is 62.5 cm³/mol. The van der Waals surface area contributed by atoms with Crippen LogP contribution in [0.5, 0.6) is 0 Å². The van der Waals surface area contributed by atoms with Crippen LogP contribution in [-0.4, -0.2) is 14.2 Å². The maximum Gasteiger partial charge on any atom is 0.178 e. The van der Waals surface area contributed by atoms with E-state index in [4.69, 9.17) is 0 Å². The van der Waals surface area contributed by atoms with E-state index >= 15 is 0 Å². The van der Waals surface area contributed by atoms with Crippen LogP contribution in [0, 0.1) is 11.7 Å². The molecule has 0 atom stereocenters. The monoisotopic (exact) mass is 244 g/mol. The van der Waals surface area contributed by atoms with Crippen molar-refractivity contribution >= 4 is 9.84 Å². The Morgan fingerprint density at radius 2 is 1.88 bits per heavy atom. The zero-order valence-corrected chi connectivity index (χ0v) is 10.4. The highest BCUT2D eigenvalue weighted by molar-refractivity contribution is 7.91. The van der Waals surface area contributed by atoms with Gasteiger partial charge in [0.25, 0.3) is 0 Å². The van der Waals surface area contributed by atoms with E-state index in [1.807, 2.05) is 13.8 Å². The molecule has 0 saturated heterocycles. The third-order valence-electron chi connectivity index (χ3n) is 2.77. The number of halogens is 1. The van der Waals surface area contributed by atoms with Gasteiger partial charge in [-0.15, -0.1) is 0 Å². The van der Waals surface area contributed by atoms with E-state index in [2.05, 4.69) is 0 Å². The van der Waals surface area contributed by atoms with Crippen LogP contribution in [0.4, 0.5) is 4.39 Å². The summed E-state index contributed by atoms with van der Waals surface area (Å²) in [4.78, 5) is 0.0828. The van der Waals surface area contributed by atoms with Gasteiger partial charge >= 0.3 is 0 Å². The molecule has 0 saturated carbocycles. The standard InChI is InChI=1S/C12H17FO2S/c1-3-10(4-2)9-16(14,15)12-7-5-6-11(13)8-12/h5-8,10H,3-4,9H2,1-2H3. The zero-order valence-electron chi connectivity index (χ0n) is 9.61. The first kappa shape index (κ1) is 13.2. The molecule has 90 valence electrons. The molecular formula is C12H17FO2S. The number of hydrogen-bond acceptors (Lipinski definition) is 2. The average molecular weight is 244 g/mol. The molecule has 4 heteroatoms. The first-order chi connectivity index (χ1) is 7.49. The van der Waals surface area contributed by atoms with E-state index in [1.54, 1.807) is 0 Å². The first-order valence-corrected chi connectivity index (χ1v) is 7.13. The van der Waals surface area contributed by atoms with Crippen molar-refractivity contribution in [1.29, 1.82) is 0 Å². The van der Waals surface area contributed by atoms with Crippen LogP contribution in [0.25, 0.3) is 0 Å². The van der Waals surface area contributed by atoms with Crippen molar-refractivity contribution < 1.29 is 12.8 Å². The van der Waals surface area contributed by atoms with Gasteiger partial charge in [-0.2, -0.15) is 0 Å². The Bertz CT molecular complexity index is 436. The van der Waals surface area contributed by atoms with E-state index in [0.717, 1.165) is 18.9 Å². The second kappa shape index (κ2) is 5.43. The molecular weight excluding hydrogens is 227 g/mol. The van der Waals surface area contributed by atoms with Gasteiger partial charge in [-0.25, -0.2) is 12.8 Å². The fourth-order valence-electron chi connectivity index (χ4n) is 1.59. The van der Waals surface area contributed by atoms with Crippen molar-refractivity contribution in [2.24, 2.45) is 5.92 Å². The van der Waals surface area contributed by atoms with E-state index in [1.165, 1.54) is 18.2 Å². The van der Waals surface area contributed by atoms with Crippen molar-refractivity contribution in [3.8, 4) is 0 Å². The highest BCUT2D eigenvalue weighted by Crippen LogP contribution is 2.18. The Balaban J connectivity index is 2.94. The summed E-state index contributed by atoms with van der Waals surface area (Å²) in [6.45, 7) is 3.94. The summed E-state index contributed by atoms with van der Waals surface area (Å²) < 4.78 is 36.8. The Hall–Kier alpha value is -0.900. The summed E-state index contributed by atoms with van der Waals surface area (Å²) in [6, 6.07) is 5.20. The molecule has 0 spiro atoms. The topological polar surface area (TPSA) is 34.1 Å². The van der Waals surface area contributed by atoms with Gasteiger partial charge in [0.1, 0.15) is 5.82 Å². The normalized spacial score (nSPS) is 12.0. The highest BCUT2D eigenvalue weighted by Gasteiger charge is 2.19.